The summed E-state index contributed by atoms with van der Waals surface area (Å²) in [4.78, 5) is 16.0. The lowest BCUT2D eigenvalue weighted by molar-refractivity contribution is -0.120. The van der Waals surface area contributed by atoms with Crippen LogP contribution in [-0.4, -0.2) is 24.0 Å². The van der Waals surface area contributed by atoms with Gasteiger partial charge in [0, 0.05) is 31.4 Å². The highest BCUT2D eigenvalue weighted by molar-refractivity contribution is 5.78. The van der Waals surface area contributed by atoms with E-state index in [1.54, 1.807) is 0 Å². The molecule has 0 atom stereocenters. The van der Waals surface area contributed by atoms with E-state index in [9.17, 15) is 4.79 Å². The molecule has 0 saturated carbocycles. The van der Waals surface area contributed by atoms with Gasteiger partial charge in [-0.25, -0.2) is 0 Å². The molecule has 0 fully saturated rings. The quantitative estimate of drug-likeness (QED) is 0.759. The zero-order valence-corrected chi connectivity index (χ0v) is 11.9. The summed E-state index contributed by atoms with van der Waals surface area (Å²) < 4.78 is 0. The van der Waals surface area contributed by atoms with Crippen LogP contribution in [0, 0.1) is 0 Å². The number of carbonyl (C=O) groups excluding carboxylic acids is 1. The number of aromatic nitrogens is 1. The number of nitrogens with one attached hydrogen (secondary N) is 2. The molecule has 20 heavy (non-hydrogen) atoms. The zero-order chi connectivity index (χ0) is 14.2. The predicted molar refractivity (Wildman–Crippen MR) is 81.4 cm³/mol. The van der Waals surface area contributed by atoms with E-state index in [4.69, 9.17) is 0 Å². The third kappa shape index (κ3) is 4.31. The normalized spacial score (nSPS) is 10.7. The van der Waals surface area contributed by atoms with Crippen LogP contribution in [0.2, 0.25) is 0 Å². The standard InChI is InChI=1S/C16H21N3O/c1-2-10-18-16(20)9-11-17-12-14-8-7-13-5-3-4-6-15(13)19-14/h3-8,17H,2,9-12H2,1H3,(H,18,20). The Labute approximate surface area is 119 Å². The van der Waals surface area contributed by atoms with E-state index >= 15 is 0 Å². The van der Waals surface area contributed by atoms with Crippen LogP contribution in [-0.2, 0) is 11.3 Å². The second kappa shape index (κ2) is 7.60. The molecule has 0 spiro atoms. The molecule has 0 unspecified atom stereocenters. The van der Waals surface area contributed by atoms with Gasteiger partial charge in [-0.1, -0.05) is 31.2 Å². The highest BCUT2D eigenvalue weighted by atomic mass is 16.1. The number of hydrogen-bond donors (Lipinski definition) is 2. The number of benzene rings is 1. The molecule has 1 heterocycles. The molecular formula is C16H21N3O. The first-order valence-corrected chi connectivity index (χ1v) is 7.11. The Bertz CT molecular complexity index is 568. The van der Waals surface area contributed by atoms with E-state index in [0.29, 0.717) is 19.5 Å². The van der Waals surface area contributed by atoms with E-state index in [2.05, 4.69) is 27.8 Å². The molecule has 4 nitrogen and oxygen atoms in total. The van der Waals surface area contributed by atoms with Gasteiger partial charge in [0.25, 0.3) is 0 Å². The van der Waals surface area contributed by atoms with Crippen LogP contribution in [0.1, 0.15) is 25.5 Å². The first-order valence-electron chi connectivity index (χ1n) is 7.11. The summed E-state index contributed by atoms with van der Waals surface area (Å²) in [6.45, 7) is 4.16. The summed E-state index contributed by atoms with van der Waals surface area (Å²) in [6, 6.07) is 12.2. The van der Waals surface area contributed by atoms with E-state index in [1.807, 2.05) is 31.2 Å². The van der Waals surface area contributed by atoms with Crippen LogP contribution in [0.15, 0.2) is 36.4 Å². The third-order valence-corrected chi connectivity index (χ3v) is 3.06. The fourth-order valence-corrected chi connectivity index (χ4v) is 1.98. The van der Waals surface area contributed by atoms with Crippen LogP contribution in [0.5, 0.6) is 0 Å². The molecule has 1 amide bonds. The topological polar surface area (TPSA) is 54.0 Å². The van der Waals surface area contributed by atoms with Crippen LogP contribution in [0.3, 0.4) is 0 Å². The van der Waals surface area contributed by atoms with Gasteiger partial charge in [-0.05, 0) is 18.6 Å². The van der Waals surface area contributed by atoms with Gasteiger partial charge in [-0.3, -0.25) is 9.78 Å². The molecule has 0 aliphatic rings. The minimum atomic E-state index is 0.103. The fourth-order valence-electron chi connectivity index (χ4n) is 1.98. The first kappa shape index (κ1) is 14.5. The average Bonchev–Trinajstić information content (AvgIpc) is 2.49. The van der Waals surface area contributed by atoms with Crippen LogP contribution in [0.25, 0.3) is 10.9 Å². The number of pyridine rings is 1. The van der Waals surface area contributed by atoms with E-state index < -0.39 is 0 Å². The van der Waals surface area contributed by atoms with Crippen molar-refractivity contribution in [1.82, 2.24) is 15.6 Å². The molecule has 0 saturated heterocycles. The third-order valence-electron chi connectivity index (χ3n) is 3.06. The van der Waals surface area contributed by atoms with Gasteiger partial charge in [0.15, 0.2) is 0 Å². The zero-order valence-electron chi connectivity index (χ0n) is 11.9. The summed E-state index contributed by atoms with van der Waals surface area (Å²) in [7, 11) is 0. The molecule has 1 aromatic heterocycles. The lowest BCUT2D eigenvalue weighted by Gasteiger charge is -2.06. The SMILES string of the molecule is CCCNC(=O)CCNCc1ccc2ccccc2n1. The van der Waals surface area contributed by atoms with E-state index in [-0.39, 0.29) is 5.91 Å². The Morgan fingerprint density at radius 3 is 2.85 bits per heavy atom. The van der Waals surface area contributed by atoms with Crippen molar-refractivity contribution < 1.29 is 4.79 Å². The van der Waals surface area contributed by atoms with Crippen LogP contribution >= 0.6 is 0 Å². The molecule has 4 heteroatoms. The Morgan fingerprint density at radius 1 is 1.15 bits per heavy atom. The van der Waals surface area contributed by atoms with Crippen molar-refractivity contribution in [3.8, 4) is 0 Å². The van der Waals surface area contributed by atoms with Crippen molar-refractivity contribution in [2.75, 3.05) is 13.1 Å². The molecule has 0 aliphatic carbocycles. The summed E-state index contributed by atoms with van der Waals surface area (Å²) in [5, 5.41) is 7.26. The van der Waals surface area contributed by atoms with Gasteiger partial charge in [-0.2, -0.15) is 0 Å². The smallest absolute Gasteiger partial charge is 0.221 e. The van der Waals surface area contributed by atoms with Gasteiger partial charge in [0.2, 0.25) is 5.91 Å². The largest absolute Gasteiger partial charge is 0.356 e. The maximum Gasteiger partial charge on any atom is 0.221 e. The molecule has 106 valence electrons. The van der Waals surface area contributed by atoms with Crippen molar-refractivity contribution in [1.29, 1.82) is 0 Å². The number of rotatable bonds is 7. The predicted octanol–water partition coefficient (Wildman–Crippen LogP) is 2.24. The lowest BCUT2D eigenvalue weighted by atomic mass is 10.2. The van der Waals surface area contributed by atoms with Gasteiger partial charge >= 0.3 is 0 Å². The monoisotopic (exact) mass is 271 g/mol. The summed E-state index contributed by atoms with van der Waals surface area (Å²) in [5.74, 6) is 0.103. The number of fused-ring (bicyclic) bond motifs is 1. The number of carbonyl (C=O) groups is 1. The van der Waals surface area contributed by atoms with Crippen molar-refractivity contribution >= 4 is 16.8 Å². The summed E-state index contributed by atoms with van der Waals surface area (Å²) >= 11 is 0. The molecule has 2 rings (SSSR count). The average molecular weight is 271 g/mol. The van der Waals surface area contributed by atoms with Gasteiger partial charge in [0.05, 0.1) is 11.2 Å². The lowest BCUT2D eigenvalue weighted by Crippen LogP contribution is -2.28. The van der Waals surface area contributed by atoms with Crippen LogP contribution in [0.4, 0.5) is 0 Å². The van der Waals surface area contributed by atoms with Gasteiger partial charge in [0.1, 0.15) is 0 Å². The minimum absolute atomic E-state index is 0.103. The molecule has 0 aliphatic heterocycles. The van der Waals surface area contributed by atoms with Crippen LogP contribution < -0.4 is 10.6 Å². The fraction of sp³-hybridized carbons (Fsp3) is 0.375. The molecule has 2 N–H and O–H groups in total. The summed E-state index contributed by atoms with van der Waals surface area (Å²) in [6.07, 6.45) is 1.48. The number of hydrogen-bond acceptors (Lipinski definition) is 3. The molecular weight excluding hydrogens is 250 g/mol. The van der Waals surface area contributed by atoms with Gasteiger partial charge < -0.3 is 10.6 Å². The van der Waals surface area contributed by atoms with Crippen molar-refractivity contribution in [3.63, 3.8) is 0 Å². The molecule has 0 bridgehead atoms. The van der Waals surface area contributed by atoms with E-state index in [0.717, 1.165) is 29.6 Å². The maximum atomic E-state index is 11.4. The van der Waals surface area contributed by atoms with Crippen molar-refractivity contribution in [2.24, 2.45) is 0 Å². The van der Waals surface area contributed by atoms with Crippen molar-refractivity contribution in [3.05, 3.63) is 42.1 Å². The Hall–Kier alpha value is -1.94. The second-order valence-electron chi connectivity index (χ2n) is 4.77. The second-order valence-corrected chi connectivity index (χ2v) is 4.77. The molecule has 2 aromatic rings. The Morgan fingerprint density at radius 2 is 2.00 bits per heavy atom. The minimum Gasteiger partial charge on any atom is -0.356 e. The van der Waals surface area contributed by atoms with E-state index in [1.165, 1.54) is 0 Å². The number of amides is 1. The van der Waals surface area contributed by atoms with Gasteiger partial charge in [-0.15, -0.1) is 0 Å². The Kier molecular flexibility index (Phi) is 5.50. The molecule has 1 aromatic carbocycles. The maximum absolute atomic E-state index is 11.4. The first-order chi connectivity index (χ1) is 9.79. The number of nitrogens with zero attached hydrogens (tertiary/aromatic N) is 1. The highest BCUT2D eigenvalue weighted by Crippen LogP contribution is 2.11. The highest BCUT2D eigenvalue weighted by Gasteiger charge is 2.00. The summed E-state index contributed by atoms with van der Waals surface area (Å²) in [5.41, 5.74) is 2.00. The Balaban J connectivity index is 1.77. The molecule has 0 radical (unpaired) electrons. The number of para-hydroxylation sites is 1. The van der Waals surface area contributed by atoms with Crippen molar-refractivity contribution in [2.45, 2.75) is 26.3 Å².